The van der Waals surface area contributed by atoms with Gasteiger partial charge in [0.05, 0.1) is 24.4 Å². The molecule has 0 atom stereocenters. The highest BCUT2D eigenvalue weighted by molar-refractivity contribution is 7.13. The molecule has 2 N–H and O–H groups in total. The minimum absolute atomic E-state index is 0.0961. The first-order valence-electron chi connectivity index (χ1n) is 9.67. The number of anilines is 1. The molecule has 11 heteroatoms. The van der Waals surface area contributed by atoms with Crippen LogP contribution in [0.15, 0.2) is 40.3 Å². The molecule has 9 nitrogen and oxygen atoms in total. The van der Waals surface area contributed by atoms with E-state index in [1.54, 1.807) is 17.6 Å². The summed E-state index contributed by atoms with van der Waals surface area (Å²) in [7, 11) is 0. The third-order valence-corrected chi connectivity index (χ3v) is 5.81. The SMILES string of the molecule is O=C(CCc1ncc(-c2ccccc2Cl)o1)NNC(=O)c1csc(N2CCOCC2)n1. The standard InChI is InChI=1S/C20H20ClN5O4S/c21-14-4-2-1-3-13(14)16-11-22-18(30-16)6-5-17(27)24-25-19(28)15-12-31-20(23-15)26-7-9-29-10-8-26/h1-4,11-12H,5-10H2,(H,24,27)(H,25,28). The Balaban J connectivity index is 1.24. The average Bonchev–Trinajstić information content (AvgIpc) is 3.47. The summed E-state index contributed by atoms with van der Waals surface area (Å²) in [5.41, 5.74) is 5.76. The summed E-state index contributed by atoms with van der Waals surface area (Å²) >= 11 is 7.54. The number of carbonyl (C=O) groups is 2. The summed E-state index contributed by atoms with van der Waals surface area (Å²) in [4.78, 5) is 34.9. The largest absolute Gasteiger partial charge is 0.441 e. The average molecular weight is 462 g/mol. The van der Waals surface area contributed by atoms with Gasteiger partial charge in [-0.3, -0.25) is 20.4 Å². The third-order valence-electron chi connectivity index (χ3n) is 4.58. The maximum absolute atomic E-state index is 12.2. The van der Waals surface area contributed by atoms with Crippen molar-refractivity contribution in [2.24, 2.45) is 0 Å². The van der Waals surface area contributed by atoms with Crippen LogP contribution in [-0.4, -0.2) is 48.1 Å². The second-order valence-electron chi connectivity index (χ2n) is 6.72. The molecule has 1 aliphatic rings. The molecule has 1 saturated heterocycles. The number of aromatic nitrogens is 2. The van der Waals surface area contributed by atoms with Crippen LogP contribution in [-0.2, 0) is 16.0 Å². The fourth-order valence-corrected chi connectivity index (χ4v) is 4.04. The van der Waals surface area contributed by atoms with Crippen molar-refractivity contribution < 1.29 is 18.7 Å². The first kappa shape index (κ1) is 21.3. The Kier molecular flexibility index (Phi) is 6.80. The molecule has 0 aliphatic carbocycles. The van der Waals surface area contributed by atoms with E-state index in [2.05, 4.69) is 25.7 Å². The number of ether oxygens (including phenoxy) is 1. The van der Waals surface area contributed by atoms with Gasteiger partial charge < -0.3 is 14.1 Å². The molecule has 4 rings (SSSR count). The van der Waals surface area contributed by atoms with Crippen molar-refractivity contribution in [2.45, 2.75) is 12.8 Å². The second-order valence-corrected chi connectivity index (χ2v) is 7.96. The quantitative estimate of drug-likeness (QED) is 0.543. The van der Waals surface area contributed by atoms with Gasteiger partial charge in [-0.05, 0) is 12.1 Å². The van der Waals surface area contributed by atoms with Crippen LogP contribution in [0.1, 0.15) is 22.8 Å². The number of hydrogen-bond acceptors (Lipinski definition) is 8. The molecule has 0 saturated carbocycles. The number of halogens is 1. The fraction of sp³-hybridized carbons (Fsp3) is 0.300. The molecule has 2 amide bonds. The number of benzene rings is 1. The Labute approximate surface area is 187 Å². The van der Waals surface area contributed by atoms with Crippen LogP contribution in [0.25, 0.3) is 11.3 Å². The highest BCUT2D eigenvalue weighted by Crippen LogP contribution is 2.28. The Morgan fingerprint density at radius 1 is 1.19 bits per heavy atom. The van der Waals surface area contributed by atoms with E-state index in [0.29, 0.717) is 29.9 Å². The first-order valence-corrected chi connectivity index (χ1v) is 10.9. The van der Waals surface area contributed by atoms with Crippen LogP contribution in [0, 0.1) is 0 Å². The van der Waals surface area contributed by atoms with E-state index < -0.39 is 5.91 Å². The summed E-state index contributed by atoms with van der Waals surface area (Å²) in [5, 5.41) is 2.98. The van der Waals surface area contributed by atoms with E-state index in [4.69, 9.17) is 20.8 Å². The molecule has 3 aromatic rings. The van der Waals surface area contributed by atoms with Crippen LogP contribution in [0.3, 0.4) is 0 Å². The number of rotatable bonds is 6. The van der Waals surface area contributed by atoms with Crippen molar-refractivity contribution in [3.8, 4) is 11.3 Å². The molecule has 162 valence electrons. The zero-order valence-electron chi connectivity index (χ0n) is 16.5. The Morgan fingerprint density at radius 2 is 2.00 bits per heavy atom. The summed E-state index contributed by atoms with van der Waals surface area (Å²) in [5.74, 6) is 0.107. The van der Waals surface area contributed by atoms with E-state index in [9.17, 15) is 9.59 Å². The van der Waals surface area contributed by atoms with Crippen molar-refractivity contribution in [1.29, 1.82) is 0 Å². The van der Waals surface area contributed by atoms with Crippen LogP contribution in [0.2, 0.25) is 5.02 Å². The zero-order chi connectivity index (χ0) is 21.6. The molecule has 0 unspecified atom stereocenters. The highest BCUT2D eigenvalue weighted by Gasteiger charge is 2.18. The predicted molar refractivity (Wildman–Crippen MR) is 116 cm³/mol. The number of nitrogens with one attached hydrogen (secondary N) is 2. The van der Waals surface area contributed by atoms with E-state index >= 15 is 0 Å². The molecular weight excluding hydrogens is 442 g/mol. The number of aryl methyl sites for hydroxylation is 1. The maximum Gasteiger partial charge on any atom is 0.289 e. The van der Waals surface area contributed by atoms with E-state index in [1.807, 2.05) is 18.2 Å². The minimum Gasteiger partial charge on any atom is -0.441 e. The van der Waals surface area contributed by atoms with Crippen molar-refractivity contribution >= 4 is 39.9 Å². The molecule has 1 aromatic carbocycles. The molecule has 1 fully saturated rings. The number of amides is 2. The van der Waals surface area contributed by atoms with E-state index in [1.165, 1.54) is 11.3 Å². The van der Waals surface area contributed by atoms with Crippen molar-refractivity contribution in [2.75, 3.05) is 31.2 Å². The third kappa shape index (κ3) is 5.40. The van der Waals surface area contributed by atoms with Gasteiger partial charge in [0.25, 0.3) is 5.91 Å². The number of oxazole rings is 1. The van der Waals surface area contributed by atoms with Gasteiger partial charge in [-0.15, -0.1) is 11.3 Å². The van der Waals surface area contributed by atoms with Crippen molar-refractivity contribution in [3.05, 3.63) is 52.4 Å². The lowest BCUT2D eigenvalue weighted by Crippen LogP contribution is -2.42. The Hall–Kier alpha value is -2.95. The number of thiazole rings is 1. The molecule has 3 heterocycles. The molecule has 0 bridgehead atoms. The van der Waals surface area contributed by atoms with Crippen LogP contribution in [0.5, 0.6) is 0 Å². The van der Waals surface area contributed by atoms with Crippen molar-refractivity contribution in [1.82, 2.24) is 20.8 Å². The predicted octanol–water partition coefficient (Wildman–Crippen LogP) is 2.68. The molecular formula is C20H20ClN5O4S. The van der Waals surface area contributed by atoms with Gasteiger partial charge in [0.15, 0.2) is 16.8 Å². The zero-order valence-corrected chi connectivity index (χ0v) is 18.0. The van der Waals surface area contributed by atoms with Gasteiger partial charge in [-0.25, -0.2) is 9.97 Å². The van der Waals surface area contributed by atoms with Crippen LogP contribution >= 0.6 is 22.9 Å². The van der Waals surface area contributed by atoms with Crippen LogP contribution in [0.4, 0.5) is 5.13 Å². The van der Waals surface area contributed by atoms with Crippen molar-refractivity contribution in [3.63, 3.8) is 0 Å². The monoisotopic (exact) mass is 461 g/mol. The lowest BCUT2D eigenvalue weighted by Gasteiger charge is -2.25. The normalized spacial score (nSPS) is 13.8. The Bertz CT molecular complexity index is 1060. The number of morpholine rings is 1. The lowest BCUT2D eigenvalue weighted by atomic mass is 10.2. The number of hydrogen-bond donors (Lipinski definition) is 2. The number of hydrazine groups is 1. The fourth-order valence-electron chi connectivity index (χ4n) is 2.95. The summed E-state index contributed by atoms with van der Waals surface area (Å²) in [6.45, 7) is 2.76. The van der Waals surface area contributed by atoms with Gasteiger partial charge in [-0.2, -0.15) is 0 Å². The summed E-state index contributed by atoms with van der Waals surface area (Å²) in [6.07, 6.45) is 1.95. The number of carbonyl (C=O) groups excluding carboxylic acids is 2. The highest BCUT2D eigenvalue weighted by atomic mass is 35.5. The molecule has 31 heavy (non-hydrogen) atoms. The lowest BCUT2D eigenvalue weighted by molar-refractivity contribution is -0.121. The maximum atomic E-state index is 12.2. The van der Waals surface area contributed by atoms with Gasteiger partial charge in [-0.1, -0.05) is 23.7 Å². The smallest absolute Gasteiger partial charge is 0.289 e. The summed E-state index contributed by atoms with van der Waals surface area (Å²) < 4.78 is 11.0. The second kappa shape index (κ2) is 9.90. The van der Waals surface area contributed by atoms with Gasteiger partial charge >= 0.3 is 0 Å². The van der Waals surface area contributed by atoms with Gasteiger partial charge in [0.2, 0.25) is 5.91 Å². The van der Waals surface area contributed by atoms with E-state index in [0.717, 1.165) is 23.8 Å². The van der Waals surface area contributed by atoms with E-state index in [-0.39, 0.29) is 24.4 Å². The van der Waals surface area contributed by atoms with Gasteiger partial charge in [0.1, 0.15) is 5.69 Å². The molecule has 0 spiro atoms. The van der Waals surface area contributed by atoms with Crippen LogP contribution < -0.4 is 15.8 Å². The van der Waals surface area contributed by atoms with Gasteiger partial charge in [0, 0.05) is 36.9 Å². The minimum atomic E-state index is -0.471. The Morgan fingerprint density at radius 3 is 2.81 bits per heavy atom. The number of nitrogens with zero attached hydrogens (tertiary/aromatic N) is 3. The topological polar surface area (TPSA) is 110 Å². The first-order chi connectivity index (χ1) is 15.1. The summed E-state index contributed by atoms with van der Waals surface area (Å²) in [6, 6.07) is 7.28. The molecule has 2 aromatic heterocycles. The molecule has 1 aliphatic heterocycles. The molecule has 0 radical (unpaired) electrons.